The van der Waals surface area contributed by atoms with Gasteiger partial charge in [0.25, 0.3) is 0 Å². The molecule has 0 saturated heterocycles. The molecule has 2 aromatic carbocycles. The summed E-state index contributed by atoms with van der Waals surface area (Å²) in [6.45, 7) is 6.04. The van der Waals surface area contributed by atoms with Gasteiger partial charge >= 0.3 is 0 Å². The van der Waals surface area contributed by atoms with Crippen LogP contribution in [0.5, 0.6) is 5.75 Å². The summed E-state index contributed by atoms with van der Waals surface area (Å²) in [6, 6.07) is 13.9. The lowest BCUT2D eigenvalue weighted by molar-refractivity contribution is -0.121. The second-order valence-corrected chi connectivity index (χ2v) is 5.64. The van der Waals surface area contributed by atoms with E-state index in [1.165, 1.54) is 5.56 Å². The van der Waals surface area contributed by atoms with Crippen molar-refractivity contribution in [2.45, 2.75) is 33.2 Å². The van der Waals surface area contributed by atoms with Crippen LogP contribution in [-0.2, 0) is 11.2 Å². The maximum atomic E-state index is 12.3. The molecule has 0 spiro atoms. The summed E-state index contributed by atoms with van der Waals surface area (Å²) in [5, 5.41) is 3.05. The molecular formula is C19H23NO2. The minimum absolute atomic E-state index is 0.0205. The lowest BCUT2D eigenvalue weighted by atomic mass is 10.0. The minimum Gasteiger partial charge on any atom is -0.496 e. The molecule has 0 aromatic heterocycles. The number of carbonyl (C=O) groups excluding carboxylic acids is 1. The van der Waals surface area contributed by atoms with Crippen LogP contribution >= 0.6 is 0 Å². The molecule has 2 rings (SSSR count). The Labute approximate surface area is 132 Å². The van der Waals surface area contributed by atoms with Gasteiger partial charge in [0.15, 0.2) is 0 Å². The fraction of sp³-hybridized carbons (Fsp3) is 0.316. The standard InChI is InChI=1S/C19H23NO2/c1-13-9-10-14(2)16(11-13)12-19(21)20-15(3)17-7-5-6-8-18(17)22-4/h5-11,15H,12H2,1-4H3,(H,20,21)/t15-/m0/s1. The quantitative estimate of drug-likeness (QED) is 0.913. The molecule has 22 heavy (non-hydrogen) atoms. The summed E-state index contributed by atoms with van der Waals surface area (Å²) < 4.78 is 5.35. The molecule has 0 bridgehead atoms. The SMILES string of the molecule is COc1ccccc1[C@H](C)NC(=O)Cc1cc(C)ccc1C. The predicted molar refractivity (Wildman–Crippen MR) is 89.2 cm³/mol. The summed E-state index contributed by atoms with van der Waals surface area (Å²) in [4.78, 5) is 12.3. The Bertz CT molecular complexity index is 664. The fourth-order valence-electron chi connectivity index (χ4n) is 2.56. The highest BCUT2D eigenvalue weighted by Crippen LogP contribution is 2.24. The monoisotopic (exact) mass is 297 g/mol. The van der Waals surface area contributed by atoms with Gasteiger partial charge < -0.3 is 10.1 Å². The van der Waals surface area contributed by atoms with Gasteiger partial charge in [0.05, 0.1) is 19.6 Å². The number of amides is 1. The van der Waals surface area contributed by atoms with Crippen molar-refractivity contribution < 1.29 is 9.53 Å². The Balaban J connectivity index is 2.07. The third-order valence-corrected chi connectivity index (χ3v) is 3.84. The van der Waals surface area contributed by atoms with E-state index in [1.807, 2.05) is 45.0 Å². The van der Waals surface area contributed by atoms with Crippen LogP contribution in [0.2, 0.25) is 0 Å². The molecule has 0 aliphatic rings. The Hall–Kier alpha value is -2.29. The Morgan fingerprint density at radius 2 is 1.91 bits per heavy atom. The molecule has 3 heteroatoms. The molecule has 0 saturated carbocycles. The zero-order valence-electron chi connectivity index (χ0n) is 13.6. The van der Waals surface area contributed by atoms with E-state index < -0.39 is 0 Å². The van der Waals surface area contributed by atoms with Crippen molar-refractivity contribution in [3.63, 3.8) is 0 Å². The molecule has 0 unspecified atom stereocenters. The Morgan fingerprint density at radius 3 is 2.64 bits per heavy atom. The molecule has 0 aliphatic carbocycles. The van der Waals surface area contributed by atoms with E-state index in [2.05, 4.69) is 23.5 Å². The summed E-state index contributed by atoms with van der Waals surface area (Å²) >= 11 is 0. The van der Waals surface area contributed by atoms with Gasteiger partial charge in [-0.3, -0.25) is 4.79 Å². The first kappa shape index (κ1) is 16.1. The van der Waals surface area contributed by atoms with E-state index in [-0.39, 0.29) is 11.9 Å². The third-order valence-electron chi connectivity index (χ3n) is 3.84. The molecule has 1 atom stereocenters. The summed E-state index contributed by atoms with van der Waals surface area (Å²) in [5.74, 6) is 0.814. The second-order valence-electron chi connectivity index (χ2n) is 5.64. The summed E-state index contributed by atoms with van der Waals surface area (Å²) in [6.07, 6.45) is 0.396. The first-order valence-corrected chi connectivity index (χ1v) is 7.49. The maximum absolute atomic E-state index is 12.3. The van der Waals surface area contributed by atoms with Crippen molar-refractivity contribution in [2.24, 2.45) is 0 Å². The average molecular weight is 297 g/mol. The second kappa shape index (κ2) is 7.12. The van der Waals surface area contributed by atoms with E-state index in [9.17, 15) is 4.79 Å². The highest BCUT2D eigenvalue weighted by atomic mass is 16.5. The van der Waals surface area contributed by atoms with Crippen molar-refractivity contribution in [2.75, 3.05) is 7.11 Å². The van der Waals surface area contributed by atoms with Gasteiger partial charge in [-0.15, -0.1) is 0 Å². The van der Waals surface area contributed by atoms with E-state index in [4.69, 9.17) is 4.74 Å². The van der Waals surface area contributed by atoms with Gasteiger partial charge in [0, 0.05) is 5.56 Å². The number of methoxy groups -OCH3 is 1. The molecule has 2 aromatic rings. The number of benzene rings is 2. The van der Waals surface area contributed by atoms with E-state index in [0.29, 0.717) is 6.42 Å². The molecule has 0 heterocycles. The van der Waals surface area contributed by atoms with Crippen LogP contribution in [0.25, 0.3) is 0 Å². The van der Waals surface area contributed by atoms with Crippen molar-refractivity contribution >= 4 is 5.91 Å². The largest absolute Gasteiger partial charge is 0.496 e. The van der Waals surface area contributed by atoms with Gasteiger partial charge in [0.1, 0.15) is 5.75 Å². The zero-order valence-corrected chi connectivity index (χ0v) is 13.6. The van der Waals surface area contributed by atoms with Crippen LogP contribution in [0.4, 0.5) is 0 Å². The average Bonchev–Trinajstić information content (AvgIpc) is 2.50. The normalized spacial score (nSPS) is 11.8. The number of rotatable bonds is 5. The van der Waals surface area contributed by atoms with E-state index >= 15 is 0 Å². The number of aryl methyl sites for hydroxylation is 2. The number of hydrogen-bond acceptors (Lipinski definition) is 2. The molecule has 0 fully saturated rings. The van der Waals surface area contributed by atoms with Gasteiger partial charge in [0.2, 0.25) is 5.91 Å². The molecule has 0 radical (unpaired) electrons. The van der Waals surface area contributed by atoms with Crippen LogP contribution in [0.3, 0.4) is 0 Å². The van der Waals surface area contributed by atoms with E-state index in [0.717, 1.165) is 22.4 Å². The predicted octanol–water partition coefficient (Wildman–Crippen LogP) is 3.73. The topological polar surface area (TPSA) is 38.3 Å². The number of para-hydroxylation sites is 1. The van der Waals surface area contributed by atoms with Crippen LogP contribution in [0.1, 0.15) is 35.2 Å². The van der Waals surface area contributed by atoms with Crippen molar-refractivity contribution in [3.8, 4) is 5.75 Å². The lowest BCUT2D eigenvalue weighted by Gasteiger charge is -2.17. The van der Waals surface area contributed by atoms with Gasteiger partial charge in [-0.25, -0.2) is 0 Å². The minimum atomic E-state index is -0.0891. The summed E-state index contributed by atoms with van der Waals surface area (Å²) in [5.41, 5.74) is 4.38. The van der Waals surface area contributed by atoms with Gasteiger partial charge in [-0.05, 0) is 38.0 Å². The number of carbonyl (C=O) groups is 1. The van der Waals surface area contributed by atoms with Crippen LogP contribution < -0.4 is 10.1 Å². The first-order valence-electron chi connectivity index (χ1n) is 7.49. The van der Waals surface area contributed by atoms with Crippen LogP contribution in [-0.4, -0.2) is 13.0 Å². The highest BCUT2D eigenvalue weighted by Gasteiger charge is 2.14. The van der Waals surface area contributed by atoms with Crippen LogP contribution in [0.15, 0.2) is 42.5 Å². The Kier molecular flexibility index (Phi) is 5.21. The zero-order chi connectivity index (χ0) is 16.1. The lowest BCUT2D eigenvalue weighted by Crippen LogP contribution is -2.28. The van der Waals surface area contributed by atoms with Gasteiger partial charge in [-0.2, -0.15) is 0 Å². The van der Waals surface area contributed by atoms with Crippen molar-refractivity contribution in [1.29, 1.82) is 0 Å². The summed E-state index contributed by atoms with van der Waals surface area (Å²) in [7, 11) is 1.64. The molecule has 116 valence electrons. The molecule has 3 nitrogen and oxygen atoms in total. The molecular weight excluding hydrogens is 274 g/mol. The smallest absolute Gasteiger partial charge is 0.224 e. The molecule has 1 N–H and O–H groups in total. The number of hydrogen-bond donors (Lipinski definition) is 1. The molecule has 1 amide bonds. The van der Waals surface area contributed by atoms with Crippen LogP contribution in [0, 0.1) is 13.8 Å². The molecule has 0 aliphatic heterocycles. The maximum Gasteiger partial charge on any atom is 0.224 e. The van der Waals surface area contributed by atoms with Crippen molar-refractivity contribution in [3.05, 3.63) is 64.7 Å². The van der Waals surface area contributed by atoms with Gasteiger partial charge in [-0.1, -0.05) is 42.0 Å². The number of nitrogens with one attached hydrogen (secondary N) is 1. The number of ether oxygens (including phenoxy) is 1. The fourth-order valence-corrected chi connectivity index (χ4v) is 2.56. The van der Waals surface area contributed by atoms with E-state index in [1.54, 1.807) is 7.11 Å². The first-order chi connectivity index (χ1) is 10.5. The van der Waals surface area contributed by atoms with Crippen molar-refractivity contribution in [1.82, 2.24) is 5.32 Å². The third kappa shape index (κ3) is 3.88. The Morgan fingerprint density at radius 1 is 1.18 bits per heavy atom. The highest BCUT2D eigenvalue weighted by molar-refractivity contribution is 5.79.